The van der Waals surface area contributed by atoms with Crippen LogP contribution in [0.15, 0.2) is 47.7 Å². The molecular formula is C17H19N7O. The van der Waals surface area contributed by atoms with E-state index in [1.54, 1.807) is 40.2 Å². The van der Waals surface area contributed by atoms with Gasteiger partial charge in [0, 0.05) is 56.6 Å². The molecule has 3 aromatic rings. The van der Waals surface area contributed by atoms with Gasteiger partial charge < -0.3 is 0 Å². The van der Waals surface area contributed by atoms with Crippen LogP contribution in [-0.2, 0) is 20.1 Å². The van der Waals surface area contributed by atoms with Gasteiger partial charge in [-0.2, -0.15) is 20.1 Å². The van der Waals surface area contributed by atoms with Crippen LogP contribution in [-0.4, -0.2) is 47.7 Å². The summed E-state index contributed by atoms with van der Waals surface area (Å²) >= 11 is 0. The van der Waals surface area contributed by atoms with Crippen molar-refractivity contribution in [3.8, 4) is 11.3 Å². The van der Waals surface area contributed by atoms with E-state index in [4.69, 9.17) is 0 Å². The van der Waals surface area contributed by atoms with Crippen LogP contribution >= 0.6 is 0 Å². The fraction of sp³-hybridized carbons (Fsp3) is 0.353. The summed E-state index contributed by atoms with van der Waals surface area (Å²) in [5.41, 5.74) is 2.58. The molecule has 0 N–H and O–H groups in total. The van der Waals surface area contributed by atoms with E-state index in [0.29, 0.717) is 12.5 Å². The van der Waals surface area contributed by atoms with E-state index in [1.807, 2.05) is 19.2 Å². The van der Waals surface area contributed by atoms with Gasteiger partial charge >= 0.3 is 0 Å². The van der Waals surface area contributed by atoms with Crippen molar-refractivity contribution in [3.05, 3.63) is 58.9 Å². The maximum absolute atomic E-state index is 12.1. The molecule has 0 saturated carbocycles. The molecule has 0 unspecified atom stereocenters. The lowest BCUT2D eigenvalue weighted by Gasteiger charge is -2.38. The Bertz CT molecular complexity index is 912. The molecule has 3 aromatic heterocycles. The summed E-state index contributed by atoms with van der Waals surface area (Å²) in [6.45, 7) is 3.29. The van der Waals surface area contributed by atoms with E-state index >= 15 is 0 Å². The van der Waals surface area contributed by atoms with Gasteiger partial charge in [0.25, 0.3) is 5.56 Å². The minimum Gasteiger partial charge on any atom is -0.297 e. The lowest BCUT2D eigenvalue weighted by atomic mass is 10.00. The first-order valence-corrected chi connectivity index (χ1v) is 8.23. The first kappa shape index (κ1) is 15.6. The second kappa shape index (κ2) is 6.56. The van der Waals surface area contributed by atoms with Crippen LogP contribution < -0.4 is 5.56 Å². The van der Waals surface area contributed by atoms with Crippen molar-refractivity contribution < 1.29 is 0 Å². The summed E-state index contributed by atoms with van der Waals surface area (Å²) in [5.74, 6) is 0.422. The van der Waals surface area contributed by atoms with Gasteiger partial charge in [0.1, 0.15) is 0 Å². The Labute approximate surface area is 144 Å². The zero-order chi connectivity index (χ0) is 17.2. The Morgan fingerprint density at radius 3 is 2.76 bits per heavy atom. The van der Waals surface area contributed by atoms with Gasteiger partial charge in [-0.25, -0.2) is 4.68 Å². The molecule has 8 nitrogen and oxygen atoms in total. The predicted octanol–water partition coefficient (Wildman–Crippen LogP) is 0.566. The van der Waals surface area contributed by atoms with E-state index in [2.05, 4.69) is 25.2 Å². The minimum atomic E-state index is -0.0694. The lowest BCUT2D eigenvalue weighted by molar-refractivity contribution is 0.0753. The molecule has 1 fully saturated rings. The molecule has 4 rings (SSSR count). The summed E-state index contributed by atoms with van der Waals surface area (Å²) in [6, 6.07) is 7.13. The van der Waals surface area contributed by atoms with Crippen LogP contribution in [0.25, 0.3) is 11.3 Å². The van der Waals surface area contributed by atoms with Gasteiger partial charge in [-0.3, -0.25) is 14.7 Å². The molecular weight excluding hydrogens is 318 g/mol. The third-order valence-electron chi connectivity index (χ3n) is 4.32. The summed E-state index contributed by atoms with van der Waals surface area (Å²) in [6.07, 6.45) is 5.26. The van der Waals surface area contributed by atoms with Crippen LogP contribution in [0.2, 0.25) is 0 Å². The normalized spacial score (nSPS) is 15.2. The number of aromatic nitrogens is 6. The van der Waals surface area contributed by atoms with Crippen molar-refractivity contribution in [1.29, 1.82) is 0 Å². The van der Waals surface area contributed by atoms with Gasteiger partial charge in [0.05, 0.1) is 24.1 Å². The third kappa shape index (κ3) is 3.48. The van der Waals surface area contributed by atoms with Crippen LogP contribution in [0, 0.1) is 5.92 Å². The quantitative estimate of drug-likeness (QED) is 0.677. The van der Waals surface area contributed by atoms with Crippen LogP contribution in [0.4, 0.5) is 0 Å². The Hall–Kier alpha value is -2.87. The maximum Gasteiger partial charge on any atom is 0.266 e. The molecule has 128 valence electrons. The Kier molecular flexibility index (Phi) is 4.10. The molecule has 1 aliphatic rings. The molecule has 25 heavy (non-hydrogen) atoms. The third-order valence-corrected chi connectivity index (χ3v) is 4.32. The average Bonchev–Trinajstić information content (AvgIpc) is 3.00. The van der Waals surface area contributed by atoms with E-state index in [9.17, 15) is 4.79 Å². The average molecular weight is 337 g/mol. The molecule has 0 spiro atoms. The fourth-order valence-electron chi connectivity index (χ4n) is 3.10. The van der Waals surface area contributed by atoms with Gasteiger partial charge in [-0.1, -0.05) is 0 Å². The Morgan fingerprint density at radius 1 is 1.16 bits per heavy atom. The van der Waals surface area contributed by atoms with Crippen molar-refractivity contribution in [2.45, 2.75) is 13.1 Å². The Balaban J connectivity index is 1.39. The molecule has 8 heteroatoms. The SMILES string of the molecule is Cn1ncc(CN2CC(Cn3nc(-c4cccnc4)ccc3=O)C2)n1. The minimum absolute atomic E-state index is 0.0694. The smallest absolute Gasteiger partial charge is 0.266 e. The number of hydrogen-bond donors (Lipinski definition) is 0. The highest BCUT2D eigenvalue weighted by Gasteiger charge is 2.28. The van der Waals surface area contributed by atoms with Gasteiger partial charge in [0.2, 0.25) is 0 Å². The molecule has 0 atom stereocenters. The molecule has 0 bridgehead atoms. The van der Waals surface area contributed by atoms with Crippen LogP contribution in [0.5, 0.6) is 0 Å². The number of hydrogen-bond acceptors (Lipinski definition) is 6. The largest absolute Gasteiger partial charge is 0.297 e. The molecule has 1 saturated heterocycles. The highest BCUT2D eigenvalue weighted by molar-refractivity contribution is 5.56. The van der Waals surface area contributed by atoms with Crippen molar-refractivity contribution in [3.63, 3.8) is 0 Å². The number of aryl methyl sites for hydroxylation is 1. The second-order valence-electron chi connectivity index (χ2n) is 6.37. The van der Waals surface area contributed by atoms with Crippen molar-refractivity contribution in [2.24, 2.45) is 13.0 Å². The van der Waals surface area contributed by atoms with Gasteiger partial charge in [-0.15, -0.1) is 0 Å². The molecule has 1 aliphatic heterocycles. The standard InChI is InChI=1S/C17H19N7O/c1-22-19-8-15(20-22)12-23-9-13(10-23)11-24-17(25)5-4-16(21-24)14-3-2-6-18-7-14/h2-8,13H,9-12H2,1H3. The predicted molar refractivity (Wildman–Crippen MR) is 91.5 cm³/mol. The highest BCUT2D eigenvalue weighted by atomic mass is 16.1. The fourth-order valence-corrected chi connectivity index (χ4v) is 3.10. The summed E-state index contributed by atoms with van der Waals surface area (Å²) < 4.78 is 1.56. The van der Waals surface area contributed by atoms with Gasteiger partial charge in [-0.05, 0) is 18.2 Å². The summed E-state index contributed by atoms with van der Waals surface area (Å²) in [4.78, 5) is 20.1. The van der Waals surface area contributed by atoms with E-state index in [1.165, 1.54) is 0 Å². The number of nitrogens with zero attached hydrogens (tertiary/aromatic N) is 7. The van der Waals surface area contributed by atoms with Crippen molar-refractivity contribution in [1.82, 2.24) is 34.7 Å². The number of rotatable bonds is 5. The number of likely N-dealkylation sites (tertiary alicyclic amines) is 1. The second-order valence-corrected chi connectivity index (χ2v) is 6.37. The first-order chi connectivity index (χ1) is 12.2. The topological polar surface area (TPSA) is 81.7 Å². The van der Waals surface area contributed by atoms with E-state index in [-0.39, 0.29) is 5.56 Å². The van der Waals surface area contributed by atoms with Gasteiger partial charge in [0.15, 0.2) is 0 Å². The zero-order valence-electron chi connectivity index (χ0n) is 14.0. The number of pyridine rings is 1. The monoisotopic (exact) mass is 337 g/mol. The van der Waals surface area contributed by atoms with Crippen LogP contribution in [0.3, 0.4) is 0 Å². The lowest BCUT2D eigenvalue weighted by Crippen LogP contribution is -2.48. The van der Waals surface area contributed by atoms with Crippen molar-refractivity contribution in [2.75, 3.05) is 13.1 Å². The van der Waals surface area contributed by atoms with E-state index < -0.39 is 0 Å². The zero-order valence-corrected chi connectivity index (χ0v) is 14.0. The molecule has 0 aliphatic carbocycles. The first-order valence-electron chi connectivity index (χ1n) is 8.23. The molecule has 4 heterocycles. The molecule has 0 aromatic carbocycles. The van der Waals surface area contributed by atoms with Crippen molar-refractivity contribution >= 4 is 0 Å². The molecule has 0 amide bonds. The van der Waals surface area contributed by atoms with E-state index in [0.717, 1.165) is 36.6 Å². The summed E-state index contributed by atoms with van der Waals surface area (Å²) in [5, 5.41) is 12.9. The highest BCUT2D eigenvalue weighted by Crippen LogP contribution is 2.19. The maximum atomic E-state index is 12.1. The Morgan fingerprint density at radius 2 is 2.04 bits per heavy atom. The molecule has 0 radical (unpaired) electrons. The van der Waals surface area contributed by atoms with Crippen LogP contribution in [0.1, 0.15) is 5.69 Å². The summed E-state index contributed by atoms with van der Waals surface area (Å²) in [7, 11) is 1.82.